The maximum Gasteiger partial charge on any atom is 0.416 e. The molecule has 252 valence electrons. The SMILES string of the molecule is COc1c(C)c(C(=O)O)c(C)c(C)c1C(=O)O.COc1cc(C)c(C)c(OCCCCCCOc2ccc(C(F)(F)F)cc2)c1C. The highest BCUT2D eigenvalue weighted by atomic mass is 19.4. The molecule has 0 amide bonds. The summed E-state index contributed by atoms with van der Waals surface area (Å²) < 4.78 is 59.5. The smallest absolute Gasteiger partial charge is 0.416 e. The number of hydrogen-bond donors (Lipinski definition) is 2. The first kappa shape index (κ1) is 37.8. The third kappa shape index (κ3) is 9.55. The largest absolute Gasteiger partial charge is 0.496 e. The highest BCUT2D eigenvalue weighted by Gasteiger charge is 2.30. The number of unbranched alkanes of at least 4 members (excludes halogenated alkanes) is 3. The second kappa shape index (κ2) is 16.8. The summed E-state index contributed by atoms with van der Waals surface area (Å²) in [5.41, 5.74) is 3.95. The van der Waals surface area contributed by atoms with Gasteiger partial charge in [-0.15, -0.1) is 0 Å². The molecule has 0 heterocycles. The summed E-state index contributed by atoms with van der Waals surface area (Å²) in [6.07, 6.45) is -0.579. The highest BCUT2D eigenvalue weighted by Crippen LogP contribution is 2.35. The molecule has 0 aromatic heterocycles. The second-order valence-corrected chi connectivity index (χ2v) is 10.9. The Morgan fingerprint density at radius 1 is 0.652 bits per heavy atom. The number of rotatable bonds is 13. The first-order chi connectivity index (χ1) is 21.6. The molecule has 0 radical (unpaired) electrons. The number of benzene rings is 3. The lowest BCUT2D eigenvalue weighted by atomic mass is 9.92. The lowest BCUT2D eigenvalue weighted by Crippen LogP contribution is -2.12. The van der Waals surface area contributed by atoms with Crippen molar-refractivity contribution in [2.75, 3.05) is 27.4 Å². The van der Waals surface area contributed by atoms with Crippen molar-refractivity contribution < 1.29 is 51.9 Å². The first-order valence-corrected chi connectivity index (χ1v) is 14.8. The van der Waals surface area contributed by atoms with Crippen LogP contribution in [-0.4, -0.2) is 49.6 Å². The lowest BCUT2D eigenvalue weighted by Gasteiger charge is -2.17. The molecule has 8 nitrogen and oxygen atoms in total. The fraction of sp³-hybridized carbons (Fsp3) is 0.429. The van der Waals surface area contributed by atoms with Crippen molar-refractivity contribution in [3.63, 3.8) is 0 Å². The molecule has 3 aromatic carbocycles. The Kier molecular flexibility index (Phi) is 13.8. The van der Waals surface area contributed by atoms with E-state index in [-0.39, 0.29) is 16.9 Å². The normalized spacial score (nSPS) is 10.9. The minimum atomic E-state index is -4.32. The van der Waals surface area contributed by atoms with Gasteiger partial charge in [-0.25, -0.2) is 9.59 Å². The van der Waals surface area contributed by atoms with Gasteiger partial charge in [0.15, 0.2) is 0 Å². The van der Waals surface area contributed by atoms with E-state index in [4.69, 9.17) is 29.2 Å². The minimum Gasteiger partial charge on any atom is -0.496 e. The predicted octanol–water partition coefficient (Wildman–Crippen LogP) is 8.67. The van der Waals surface area contributed by atoms with Crippen LogP contribution in [0, 0.1) is 41.5 Å². The van der Waals surface area contributed by atoms with Gasteiger partial charge < -0.3 is 29.2 Å². The average Bonchev–Trinajstić information content (AvgIpc) is 2.99. The van der Waals surface area contributed by atoms with Crippen molar-refractivity contribution in [3.05, 3.63) is 80.4 Å². The van der Waals surface area contributed by atoms with Crippen molar-refractivity contribution in [2.45, 2.75) is 73.4 Å². The minimum absolute atomic E-state index is 0.0208. The molecule has 46 heavy (non-hydrogen) atoms. The maximum atomic E-state index is 12.5. The van der Waals surface area contributed by atoms with Crippen LogP contribution in [0.4, 0.5) is 13.2 Å². The number of carboxylic acids is 2. The molecule has 0 bridgehead atoms. The Labute approximate surface area is 268 Å². The first-order valence-electron chi connectivity index (χ1n) is 14.8. The molecule has 0 saturated heterocycles. The molecule has 0 aliphatic rings. The quantitative estimate of drug-likeness (QED) is 0.177. The van der Waals surface area contributed by atoms with E-state index < -0.39 is 23.7 Å². The molecular formula is C35H43F3O8. The zero-order chi connectivity index (χ0) is 34.8. The van der Waals surface area contributed by atoms with Crippen molar-refractivity contribution in [1.29, 1.82) is 0 Å². The molecular weight excluding hydrogens is 605 g/mol. The standard InChI is InChI=1S/C23H29F3O3.C12H14O5/c1-16-15-21(27-4)18(3)22(17(16)2)29-14-8-6-5-7-13-28-20-11-9-19(10-12-20)23(24,25)26;1-5-6(2)9(12(15)16)10(17-4)7(3)8(5)11(13)14/h9-12,15H,5-8,13-14H2,1-4H3;1-4H3,(H,13,14)(H,15,16). The molecule has 3 rings (SSSR count). The van der Waals surface area contributed by atoms with E-state index in [1.165, 1.54) is 19.2 Å². The van der Waals surface area contributed by atoms with E-state index in [2.05, 4.69) is 6.92 Å². The third-order valence-corrected chi connectivity index (χ3v) is 7.83. The van der Waals surface area contributed by atoms with E-state index in [1.807, 2.05) is 19.9 Å². The Hall–Kier alpha value is -4.41. The van der Waals surface area contributed by atoms with Crippen LogP contribution in [-0.2, 0) is 6.18 Å². The molecule has 2 N–H and O–H groups in total. The molecule has 11 heteroatoms. The Balaban J connectivity index is 0.000000368. The van der Waals surface area contributed by atoms with Crippen LogP contribution in [0.2, 0.25) is 0 Å². The topological polar surface area (TPSA) is 112 Å². The van der Waals surface area contributed by atoms with Crippen LogP contribution < -0.4 is 18.9 Å². The van der Waals surface area contributed by atoms with Gasteiger partial charge in [0.05, 0.1) is 38.6 Å². The number of hydrogen-bond acceptors (Lipinski definition) is 6. The molecule has 0 spiro atoms. The number of ether oxygens (including phenoxy) is 4. The molecule has 0 aliphatic heterocycles. The highest BCUT2D eigenvalue weighted by molar-refractivity contribution is 5.99. The molecule has 0 atom stereocenters. The summed E-state index contributed by atoms with van der Waals surface area (Å²) in [4.78, 5) is 22.3. The predicted molar refractivity (Wildman–Crippen MR) is 169 cm³/mol. The van der Waals surface area contributed by atoms with Gasteiger partial charge in [0, 0.05) is 11.1 Å². The number of methoxy groups -OCH3 is 2. The Bertz CT molecular complexity index is 1510. The fourth-order valence-electron chi connectivity index (χ4n) is 5.04. The van der Waals surface area contributed by atoms with Crippen LogP contribution in [0.3, 0.4) is 0 Å². The third-order valence-electron chi connectivity index (χ3n) is 7.83. The van der Waals surface area contributed by atoms with Gasteiger partial charge in [0.25, 0.3) is 0 Å². The van der Waals surface area contributed by atoms with Gasteiger partial charge in [0.2, 0.25) is 0 Å². The Morgan fingerprint density at radius 2 is 1.17 bits per heavy atom. The summed E-state index contributed by atoms with van der Waals surface area (Å²) in [7, 11) is 2.99. The molecule has 0 fully saturated rings. The van der Waals surface area contributed by atoms with Crippen LogP contribution in [0.1, 0.15) is 85.3 Å². The number of carbonyl (C=O) groups is 2. The van der Waals surface area contributed by atoms with Gasteiger partial charge >= 0.3 is 18.1 Å². The maximum absolute atomic E-state index is 12.5. The van der Waals surface area contributed by atoms with Gasteiger partial charge in [-0.3, -0.25) is 0 Å². The fourth-order valence-corrected chi connectivity index (χ4v) is 5.04. The van der Waals surface area contributed by atoms with E-state index in [9.17, 15) is 22.8 Å². The summed E-state index contributed by atoms with van der Waals surface area (Å²) in [6.45, 7) is 11.9. The van der Waals surface area contributed by atoms with E-state index in [0.717, 1.165) is 66.0 Å². The molecule has 0 saturated carbocycles. The van der Waals surface area contributed by atoms with Crippen molar-refractivity contribution >= 4 is 11.9 Å². The summed E-state index contributed by atoms with van der Waals surface area (Å²) in [5, 5.41) is 18.2. The summed E-state index contributed by atoms with van der Waals surface area (Å²) in [5.74, 6) is 0.0931. The summed E-state index contributed by atoms with van der Waals surface area (Å²) >= 11 is 0. The van der Waals surface area contributed by atoms with Gasteiger partial charge in [-0.2, -0.15) is 13.2 Å². The van der Waals surface area contributed by atoms with Crippen LogP contribution >= 0.6 is 0 Å². The number of halogens is 3. The number of aromatic carboxylic acids is 2. The monoisotopic (exact) mass is 648 g/mol. The average molecular weight is 649 g/mol. The van der Waals surface area contributed by atoms with Crippen molar-refractivity contribution in [1.82, 2.24) is 0 Å². The van der Waals surface area contributed by atoms with Crippen LogP contribution in [0.15, 0.2) is 30.3 Å². The van der Waals surface area contributed by atoms with Gasteiger partial charge in [0.1, 0.15) is 28.6 Å². The van der Waals surface area contributed by atoms with E-state index in [0.29, 0.717) is 35.7 Å². The summed E-state index contributed by atoms with van der Waals surface area (Å²) in [6, 6.07) is 6.82. The number of alkyl halides is 3. The van der Waals surface area contributed by atoms with Gasteiger partial charge in [-0.1, -0.05) is 0 Å². The second-order valence-electron chi connectivity index (χ2n) is 10.9. The molecule has 0 unspecified atom stereocenters. The lowest BCUT2D eigenvalue weighted by molar-refractivity contribution is -0.137. The van der Waals surface area contributed by atoms with Crippen molar-refractivity contribution in [2.24, 2.45) is 0 Å². The molecule has 3 aromatic rings. The van der Waals surface area contributed by atoms with Crippen LogP contribution in [0.5, 0.6) is 23.0 Å². The van der Waals surface area contributed by atoms with Gasteiger partial charge in [-0.05, 0) is 120 Å². The van der Waals surface area contributed by atoms with Crippen molar-refractivity contribution in [3.8, 4) is 23.0 Å². The van der Waals surface area contributed by atoms with Crippen LogP contribution in [0.25, 0.3) is 0 Å². The molecule has 0 aliphatic carbocycles. The Morgan fingerprint density at radius 3 is 1.65 bits per heavy atom. The number of carboxylic acid groups (broad SMARTS) is 2. The zero-order valence-electron chi connectivity index (χ0n) is 27.6. The van der Waals surface area contributed by atoms with E-state index >= 15 is 0 Å². The number of aryl methyl sites for hydroxylation is 1. The zero-order valence-corrected chi connectivity index (χ0v) is 27.6. The van der Waals surface area contributed by atoms with E-state index in [1.54, 1.807) is 27.9 Å².